The van der Waals surface area contributed by atoms with Crippen LogP contribution in [0.4, 0.5) is 44.6 Å². The summed E-state index contributed by atoms with van der Waals surface area (Å²) >= 11 is 8.80. The molecule has 2 saturated carbocycles. The molecule has 10 aromatic heterocycles. The highest BCUT2D eigenvalue weighted by Gasteiger charge is 2.28. The Labute approximate surface area is 850 Å². The molecule has 149 heavy (non-hydrogen) atoms. The zero-order valence-corrected chi connectivity index (χ0v) is 83.0. The number of nitro benzene ring substituents is 3. The molecule has 13 N–H and O–H groups in total. The predicted molar refractivity (Wildman–Crippen MR) is 558 cm³/mol. The van der Waals surface area contributed by atoms with Gasteiger partial charge in [-0.05, 0) is 221 Å². The molecule has 0 aliphatic heterocycles. The quantitative estimate of drug-likeness (QED) is 0.00490. The lowest BCUT2D eigenvalue weighted by Gasteiger charge is -2.04. The van der Waals surface area contributed by atoms with Crippen LogP contribution in [-0.4, -0.2) is 105 Å². The summed E-state index contributed by atoms with van der Waals surface area (Å²) in [6, 6.07) is 34.8. The molecule has 0 bridgehead atoms. The molecule has 4 aliphatic rings. The van der Waals surface area contributed by atoms with E-state index in [2.05, 4.69) is 81.3 Å². The summed E-state index contributed by atoms with van der Waals surface area (Å²) < 4.78 is 43.9. The van der Waals surface area contributed by atoms with Crippen LogP contribution in [0.3, 0.4) is 0 Å². The number of diazo groups is 1. The van der Waals surface area contributed by atoms with E-state index in [1.54, 1.807) is 61.6 Å². The summed E-state index contributed by atoms with van der Waals surface area (Å²) in [5, 5.41) is 71.1. The van der Waals surface area contributed by atoms with Gasteiger partial charge in [-0.15, -0.1) is 0 Å². The number of aromatic hydroxyl groups is 1. The Morgan fingerprint density at radius 2 is 0.872 bits per heavy atom. The average Bonchev–Trinajstić information content (AvgIpc) is 1.58. The van der Waals surface area contributed by atoms with E-state index in [1.165, 1.54) is 74.9 Å². The molecular formula is C99H105Cl2N22O26+. The summed E-state index contributed by atoms with van der Waals surface area (Å²) in [7, 11) is 0. The highest BCUT2D eigenvalue weighted by atomic mass is 35.5. The molecule has 10 heterocycles. The van der Waals surface area contributed by atoms with Crippen LogP contribution in [-0.2, 0) is 68.1 Å². The minimum absolute atomic E-state index is 0. The second-order valence-corrected chi connectivity index (χ2v) is 34.4. The SMILES string of the molecule is CCn1c(=O)oc2cc(N)ccc21.CCn1c(=O)oc2cc(N/N=C3\CCCCCC3=O)ccc21.CCn1c(=O)oc2cc([N+]#N)ccc21.CCn1c(=O)oc2cc([N+](=O)[O-])ccc21.CCn1c(=O)oc2cc3[nH]c4c(c3cc21)CCCCC4=O.CCn1c(=O)oc2cc3[nH]c4c(c3cc21)CCCc1c-4n[nH]c1C.N=N.Nc1ccc([N+](=O)[O-])cc1O.O=C(Cl)Cl.O=C1CCCCC/C1=C/O.O=c1[nH]c2ccc([N+](=O)[O-])cc2o1.[HH]. The maximum Gasteiger partial charge on any atom is 0.419 e. The van der Waals surface area contributed by atoms with Crippen molar-refractivity contribution in [3.8, 4) is 17.1 Å². The number of halogens is 2. The van der Waals surface area contributed by atoms with Gasteiger partial charge in [0.1, 0.15) is 17.2 Å². The van der Waals surface area contributed by atoms with Gasteiger partial charge in [-0.2, -0.15) is 10.2 Å². The van der Waals surface area contributed by atoms with Crippen LogP contribution in [0.25, 0.3) is 116 Å². The van der Waals surface area contributed by atoms with E-state index in [-0.39, 0.29) is 81.5 Å². The summed E-state index contributed by atoms with van der Waals surface area (Å²) in [5.41, 5.74) is 44.0. The number of hydrazone groups is 1. The van der Waals surface area contributed by atoms with Crippen molar-refractivity contribution in [3.63, 3.8) is 0 Å². The van der Waals surface area contributed by atoms with Gasteiger partial charge in [0.25, 0.3) is 17.1 Å². The van der Waals surface area contributed by atoms with Crippen molar-refractivity contribution >= 4 is 190 Å². The van der Waals surface area contributed by atoms with Gasteiger partial charge in [0.2, 0.25) is 5.39 Å². The molecule has 0 unspecified atom stereocenters. The number of oxazole rings is 7. The average molecular weight is 2090 g/mol. The summed E-state index contributed by atoms with van der Waals surface area (Å²) in [5.74, 6) is -2.65. The number of aromatic amines is 4. The number of aliphatic hydroxyl groups is 1. The second-order valence-electron chi connectivity index (χ2n) is 33.6. The standard InChI is InChI=1S/C18H18N4O2.C16H19N3O3.C16H16N2O3.C9H8N3O2.C9H8N2O4.C9H10N2O2.C8H12O2.C7H4N2O4.C6H6N2O3.CCl2O.H2N2.H2/c1-3-22-14-7-12-11-6-4-5-10-9(2)20-21-17(10)16(11)19-13(12)8-15(14)24-18(22)23;1-2-19-13-9-8-11(10-15(13)22-16(19)21)17-18-12-6-4-3-5-7-14(12)20;1-2-18-12-7-10-9-5-3-4-6-13(19)15(9)17-11(10)8-14(12)21-16(18)20;1-2-12-7-4-3-6(11-10)5-8(7)14-9(12)13;1-2-10-7-4-3-6(11(13)14)5-8(7)15-9(10)12;1-2-11-7-4-3-6(10)5-8(7)13-9(11)12;9-6-7-4-2-1-3-5-8(7)10;10-7-8-5-2-1-4(9(11)12)3-6(5)13-7;7-5-2-1-4(8(10)11)3-6(5)9;2-1(3)4;1-2;/h7-8,19H,3-6H2,1-2H3,(H,20,21);8-10,17H,2-7H2,1H3;7-8,17H,2-6H2,1H3;3-5H,2H2,1H3;3-5H,2H2,1H3;3-5H,2,10H2,1H3;6,9H,1-5H2;1-3H,(H,8,10);1-3,9H,7H2;;1-2H;1H/q;;;+1;;;;;;;;/b;18-12+;;;;;7-6-;;;;;. The van der Waals surface area contributed by atoms with Crippen LogP contribution in [0.15, 0.2) is 215 Å². The highest BCUT2D eigenvalue weighted by Crippen LogP contribution is 2.39. The maximum absolute atomic E-state index is 12.2. The van der Waals surface area contributed by atoms with Crippen molar-refractivity contribution < 1.29 is 76.5 Å². The highest BCUT2D eigenvalue weighted by molar-refractivity contribution is 6.93. The third-order valence-electron chi connectivity index (χ3n) is 24.5. The van der Waals surface area contributed by atoms with Gasteiger partial charge in [-0.3, -0.25) is 92.4 Å². The van der Waals surface area contributed by atoms with E-state index in [4.69, 9.17) is 69.4 Å². The number of anilines is 3. The molecule has 0 amide bonds. The Bertz CT molecular complexity index is 8660. The Morgan fingerprint density at radius 1 is 0.470 bits per heavy atom. The zero-order valence-electron chi connectivity index (χ0n) is 81.5. The van der Waals surface area contributed by atoms with Crippen LogP contribution in [0.2, 0.25) is 0 Å². The van der Waals surface area contributed by atoms with Crippen LogP contribution >= 0.6 is 23.2 Å². The molecule has 50 heteroatoms. The number of phenolic OH excluding ortho intramolecular Hbond substituents is 1. The van der Waals surface area contributed by atoms with Crippen molar-refractivity contribution in [2.24, 2.45) is 5.10 Å². The number of hydrogen-bond donors (Lipinski definition) is 11. The number of rotatable bonds is 11. The number of fused-ring (bicyclic) bond motifs is 15. The number of aromatic nitrogens is 11. The smallest absolute Gasteiger partial charge is 0.419 e. The minimum Gasteiger partial charge on any atom is -0.515 e. The van der Waals surface area contributed by atoms with Crippen molar-refractivity contribution in [2.75, 3.05) is 16.9 Å². The lowest BCUT2D eigenvalue weighted by Crippen LogP contribution is -2.13. The molecule has 2 fully saturated rings. The molecule has 22 rings (SSSR count). The fourth-order valence-corrected chi connectivity index (χ4v) is 17.2. The molecule has 18 aromatic rings. The molecule has 48 nitrogen and oxygen atoms in total. The van der Waals surface area contributed by atoms with Gasteiger partial charge in [0, 0.05) is 142 Å². The first-order chi connectivity index (χ1) is 71.5. The van der Waals surface area contributed by atoms with E-state index >= 15 is 0 Å². The second kappa shape index (κ2) is 49.9. The largest absolute Gasteiger partial charge is 0.515 e. The Kier molecular flexibility index (Phi) is 36.7. The maximum atomic E-state index is 12.2. The molecule has 8 aromatic carbocycles. The van der Waals surface area contributed by atoms with Gasteiger partial charge < -0.3 is 62.6 Å². The molecular weight excluding hydrogens is 1980 g/mol. The number of phenols is 1. The monoisotopic (exact) mass is 2090 g/mol. The van der Waals surface area contributed by atoms with E-state index in [9.17, 15) is 78.3 Å². The first kappa shape index (κ1) is 110. The van der Waals surface area contributed by atoms with Gasteiger partial charge in [-0.1, -0.05) is 12.8 Å². The molecule has 0 saturated heterocycles. The number of benzene rings is 8. The number of aliphatic hydroxyl groups excluding tert-OH is 1. The summed E-state index contributed by atoms with van der Waals surface area (Å²) in [6.07, 6.45) is 16.4. The van der Waals surface area contributed by atoms with Crippen molar-refractivity contribution in [2.45, 2.75) is 197 Å². The van der Waals surface area contributed by atoms with E-state index in [0.717, 1.165) is 174 Å². The number of hydrogen-bond acceptors (Lipinski definition) is 34. The van der Waals surface area contributed by atoms with Crippen LogP contribution < -0.4 is 57.2 Å². The number of H-pyrrole nitrogens is 4. The molecule has 4 aliphatic carbocycles. The number of nitrogens with zero attached hydrogens (tertiary/aromatic N) is 13. The number of allylic oxidation sites excluding steroid dienone is 1. The molecule has 0 spiro atoms. The van der Waals surface area contributed by atoms with Crippen molar-refractivity contribution in [1.82, 2.24) is 52.6 Å². The van der Waals surface area contributed by atoms with Gasteiger partial charge in [0.15, 0.2) is 61.4 Å². The third kappa shape index (κ3) is 25.8. The number of carbonyl (C=O) groups is 4. The lowest BCUT2D eigenvalue weighted by atomic mass is 10.1. The number of nitrogens with one attached hydrogen (secondary N) is 7. The number of aryl methyl sites for hydroxylation is 9. The normalized spacial score (nSPS) is 13.6. The Morgan fingerprint density at radius 3 is 1.39 bits per heavy atom. The Balaban J connectivity index is 0.000000161. The molecule has 780 valence electrons. The van der Waals surface area contributed by atoms with E-state index in [1.807, 2.05) is 65.0 Å². The Hall–Kier alpha value is -18.2. The van der Waals surface area contributed by atoms with E-state index in [0.29, 0.717) is 131 Å². The number of nitrogen functional groups attached to an aromatic ring is 2. The number of carbonyl (C=O) groups excluding carboxylic acids is 4. The van der Waals surface area contributed by atoms with Crippen molar-refractivity contribution in [3.05, 3.63) is 283 Å². The molecule has 0 radical (unpaired) electrons. The van der Waals surface area contributed by atoms with Crippen molar-refractivity contribution in [1.29, 1.82) is 16.5 Å². The topological polar surface area (TPSA) is 708 Å². The van der Waals surface area contributed by atoms with Gasteiger partial charge >= 0.3 is 50.7 Å². The van der Waals surface area contributed by atoms with Gasteiger partial charge in [-0.25, -0.2) is 44.6 Å². The number of nitro groups is 3. The number of non-ortho nitro benzene ring substituents is 3. The number of ketones is 3. The summed E-state index contributed by atoms with van der Waals surface area (Å²) in [4.78, 5) is 165. The third-order valence-corrected chi connectivity index (χ3v) is 24.5. The van der Waals surface area contributed by atoms with Crippen LogP contribution in [0.1, 0.15) is 166 Å². The van der Waals surface area contributed by atoms with Crippen LogP contribution in [0.5, 0.6) is 5.75 Å². The fourth-order valence-electron chi connectivity index (χ4n) is 17.2. The first-order valence-corrected chi connectivity index (χ1v) is 47.8. The van der Waals surface area contributed by atoms with Gasteiger partial charge in [0.05, 0.1) is 118 Å². The van der Waals surface area contributed by atoms with Crippen LogP contribution in [0, 0.1) is 53.7 Å². The first-order valence-electron chi connectivity index (χ1n) is 47.1. The number of Topliss-reactive ketones (excluding diaryl/α,β-unsaturated/α-hetero) is 3. The lowest BCUT2D eigenvalue weighted by molar-refractivity contribution is -0.385. The van der Waals surface area contributed by atoms with E-state index < -0.39 is 36.7 Å². The zero-order chi connectivity index (χ0) is 108. The number of nitrogens with two attached hydrogens (primary N) is 2. The fraction of sp³-hybridized carbons (Fsp3) is 0.303. The predicted octanol–water partition coefficient (Wildman–Crippen LogP) is 20.3. The summed E-state index contributed by atoms with van der Waals surface area (Å²) in [6.45, 7) is 16.8. The minimum atomic E-state index is -0.889. The molecule has 0 atom stereocenters.